The molecule has 27 heavy (non-hydrogen) atoms. The fourth-order valence-corrected chi connectivity index (χ4v) is 2.76. The molecular formula is C17H12F4N4OS. The zero-order chi connectivity index (χ0) is 19.6. The first-order chi connectivity index (χ1) is 12.7. The summed E-state index contributed by atoms with van der Waals surface area (Å²) in [5, 5.41) is 9.09. The Morgan fingerprint density at radius 3 is 2.44 bits per heavy atom. The average molecular weight is 396 g/mol. The standard InChI is InChI=1S/C17H12F4N4OS/c18-12-7-10(3-6-13(12)22)14-8-15(25-24-14)23-16(26)9-1-4-11(5-2-9)27-17(19,20)21/h1-8H,22H2,(H2,23,24,25,26). The molecule has 1 aromatic heterocycles. The number of rotatable bonds is 4. The lowest BCUT2D eigenvalue weighted by atomic mass is 10.1. The minimum atomic E-state index is -4.39. The Bertz CT molecular complexity index is 970. The maximum absolute atomic E-state index is 13.5. The number of aromatic amines is 1. The second kappa shape index (κ2) is 7.31. The smallest absolute Gasteiger partial charge is 0.396 e. The number of thioether (sulfide) groups is 1. The van der Waals surface area contributed by atoms with E-state index in [1.807, 2.05) is 0 Å². The molecule has 0 spiro atoms. The minimum absolute atomic E-state index is 0.0129. The van der Waals surface area contributed by atoms with Crippen LogP contribution in [0.5, 0.6) is 0 Å². The molecule has 140 valence electrons. The van der Waals surface area contributed by atoms with Crippen LogP contribution in [0.2, 0.25) is 0 Å². The first-order valence-corrected chi connectivity index (χ1v) is 8.31. The highest BCUT2D eigenvalue weighted by molar-refractivity contribution is 8.00. The van der Waals surface area contributed by atoms with E-state index in [4.69, 9.17) is 5.73 Å². The van der Waals surface area contributed by atoms with Crippen LogP contribution in [0.4, 0.5) is 29.1 Å². The molecule has 0 unspecified atom stereocenters. The monoisotopic (exact) mass is 396 g/mol. The summed E-state index contributed by atoms with van der Waals surface area (Å²) in [4.78, 5) is 12.2. The van der Waals surface area contributed by atoms with E-state index in [1.165, 1.54) is 42.5 Å². The van der Waals surface area contributed by atoms with E-state index >= 15 is 0 Å². The number of alkyl halides is 3. The molecule has 4 N–H and O–H groups in total. The molecule has 10 heteroatoms. The third-order valence-corrected chi connectivity index (χ3v) is 4.22. The van der Waals surface area contributed by atoms with Crippen molar-refractivity contribution in [2.45, 2.75) is 10.4 Å². The van der Waals surface area contributed by atoms with Gasteiger partial charge in [0.1, 0.15) is 5.82 Å². The Balaban J connectivity index is 1.69. The summed E-state index contributed by atoms with van der Waals surface area (Å²) in [7, 11) is 0. The number of nitrogens with zero attached hydrogens (tertiary/aromatic N) is 1. The number of carbonyl (C=O) groups is 1. The summed E-state index contributed by atoms with van der Waals surface area (Å²) in [6.45, 7) is 0. The first kappa shape index (κ1) is 18.8. The number of amides is 1. The fourth-order valence-electron chi connectivity index (χ4n) is 2.22. The molecule has 0 fully saturated rings. The lowest BCUT2D eigenvalue weighted by Gasteiger charge is -2.06. The van der Waals surface area contributed by atoms with Gasteiger partial charge in [0.25, 0.3) is 5.91 Å². The van der Waals surface area contributed by atoms with Crippen LogP contribution < -0.4 is 11.1 Å². The summed E-state index contributed by atoms with van der Waals surface area (Å²) in [6, 6.07) is 10.7. The maximum atomic E-state index is 13.5. The second-order valence-corrected chi connectivity index (χ2v) is 6.57. The second-order valence-electron chi connectivity index (χ2n) is 5.43. The Morgan fingerprint density at radius 1 is 1.11 bits per heavy atom. The predicted molar refractivity (Wildman–Crippen MR) is 94.7 cm³/mol. The van der Waals surface area contributed by atoms with E-state index in [2.05, 4.69) is 15.5 Å². The molecule has 0 bridgehead atoms. The van der Waals surface area contributed by atoms with Gasteiger partial charge in [-0.3, -0.25) is 9.89 Å². The van der Waals surface area contributed by atoms with Gasteiger partial charge in [-0.25, -0.2) is 4.39 Å². The molecule has 1 amide bonds. The summed E-state index contributed by atoms with van der Waals surface area (Å²) >= 11 is -0.260. The third-order valence-electron chi connectivity index (χ3n) is 3.48. The molecule has 2 aromatic carbocycles. The van der Waals surface area contributed by atoms with E-state index in [0.717, 1.165) is 0 Å². The molecule has 1 heterocycles. The van der Waals surface area contributed by atoms with Crippen molar-refractivity contribution in [3.63, 3.8) is 0 Å². The summed E-state index contributed by atoms with van der Waals surface area (Å²) < 4.78 is 50.5. The number of aromatic nitrogens is 2. The van der Waals surface area contributed by atoms with Crippen LogP contribution >= 0.6 is 11.8 Å². The molecule has 3 aromatic rings. The Kier molecular flexibility index (Phi) is 5.08. The zero-order valence-electron chi connectivity index (χ0n) is 13.5. The molecule has 5 nitrogen and oxygen atoms in total. The normalized spacial score (nSPS) is 11.4. The Labute approximate surface area is 155 Å². The summed E-state index contributed by atoms with van der Waals surface area (Å²) in [5.41, 5.74) is 2.17. The average Bonchev–Trinajstić information content (AvgIpc) is 3.05. The number of halogens is 4. The number of nitrogens with one attached hydrogen (secondary N) is 2. The van der Waals surface area contributed by atoms with E-state index < -0.39 is 17.2 Å². The van der Waals surface area contributed by atoms with Crippen LogP contribution in [-0.4, -0.2) is 21.6 Å². The number of hydrogen-bond acceptors (Lipinski definition) is 4. The minimum Gasteiger partial charge on any atom is -0.396 e. The Hall–Kier alpha value is -3.01. The van der Waals surface area contributed by atoms with Crippen molar-refractivity contribution in [3.05, 3.63) is 59.9 Å². The van der Waals surface area contributed by atoms with Gasteiger partial charge in [-0.15, -0.1) is 0 Å². The molecule has 3 rings (SSSR count). The summed E-state index contributed by atoms with van der Waals surface area (Å²) in [5.74, 6) is -0.939. The van der Waals surface area contributed by atoms with Crippen molar-refractivity contribution in [1.82, 2.24) is 10.2 Å². The first-order valence-electron chi connectivity index (χ1n) is 7.49. The SMILES string of the molecule is Nc1ccc(-c2cc(NC(=O)c3ccc(SC(F)(F)F)cc3)n[nH]2)cc1F. The lowest BCUT2D eigenvalue weighted by Crippen LogP contribution is -2.12. The Morgan fingerprint density at radius 2 is 1.81 bits per heavy atom. The number of nitrogen functional groups attached to an aromatic ring is 1. The van der Waals surface area contributed by atoms with Gasteiger partial charge in [0.2, 0.25) is 0 Å². The van der Waals surface area contributed by atoms with Crippen LogP contribution in [-0.2, 0) is 0 Å². The van der Waals surface area contributed by atoms with Gasteiger partial charge in [-0.05, 0) is 48.2 Å². The molecule has 0 aliphatic carbocycles. The van der Waals surface area contributed by atoms with Gasteiger partial charge >= 0.3 is 5.51 Å². The van der Waals surface area contributed by atoms with E-state index in [9.17, 15) is 22.4 Å². The van der Waals surface area contributed by atoms with Crippen LogP contribution in [0.1, 0.15) is 10.4 Å². The third kappa shape index (κ3) is 4.79. The largest absolute Gasteiger partial charge is 0.446 e. The van der Waals surface area contributed by atoms with Crippen molar-refractivity contribution in [1.29, 1.82) is 0 Å². The number of anilines is 2. The zero-order valence-corrected chi connectivity index (χ0v) is 14.3. The summed E-state index contributed by atoms with van der Waals surface area (Å²) in [6.07, 6.45) is 0. The van der Waals surface area contributed by atoms with Gasteiger partial charge in [0.15, 0.2) is 5.82 Å². The number of nitrogens with two attached hydrogens (primary N) is 1. The highest BCUT2D eigenvalue weighted by Gasteiger charge is 2.29. The maximum Gasteiger partial charge on any atom is 0.446 e. The van der Waals surface area contributed by atoms with Gasteiger partial charge < -0.3 is 11.1 Å². The van der Waals surface area contributed by atoms with Crippen LogP contribution in [0.15, 0.2) is 53.4 Å². The van der Waals surface area contributed by atoms with Crippen LogP contribution in [0, 0.1) is 5.82 Å². The van der Waals surface area contributed by atoms with Crippen molar-refractivity contribution in [2.75, 3.05) is 11.1 Å². The number of benzene rings is 2. The number of carbonyl (C=O) groups excluding carboxylic acids is 1. The molecule has 0 radical (unpaired) electrons. The van der Waals surface area contributed by atoms with E-state index in [1.54, 1.807) is 6.07 Å². The van der Waals surface area contributed by atoms with Gasteiger partial charge in [-0.1, -0.05) is 6.07 Å². The highest BCUT2D eigenvalue weighted by Crippen LogP contribution is 2.36. The number of hydrogen-bond donors (Lipinski definition) is 3. The van der Waals surface area contributed by atoms with Crippen LogP contribution in [0.3, 0.4) is 0 Å². The fraction of sp³-hybridized carbons (Fsp3) is 0.0588. The van der Waals surface area contributed by atoms with Crippen molar-refractivity contribution in [3.8, 4) is 11.3 Å². The van der Waals surface area contributed by atoms with Crippen molar-refractivity contribution in [2.24, 2.45) is 0 Å². The van der Waals surface area contributed by atoms with Gasteiger partial charge in [0, 0.05) is 22.1 Å². The van der Waals surface area contributed by atoms with E-state index in [-0.39, 0.29) is 33.7 Å². The van der Waals surface area contributed by atoms with Crippen LogP contribution in [0.25, 0.3) is 11.3 Å². The molecule has 0 saturated carbocycles. The predicted octanol–water partition coefficient (Wildman–Crippen LogP) is 4.66. The quantitative estimate of drug-likeness (QED) is 0.340. The van der Waals surface area contributed by atoms with Crippen molar-refractivity contribution < 1.29 is 22.4 Å². The topological polar surface area (TPSA) is 83.8 Å². The molecule has 0 atom stereocenters. The van der Waals surface area contributed by atoms with Gasteiger partial charge in [-0.2, -0.15) is 18.3 Å². The van der Waals surface area contributed by atoms with Gasteiger partial charge in [0.05, 0.1) is 11.4 Å². The highest BCUT2D eigenvalue weighted by atomic mass is 32.2. The molecule has 0 aliphatic rings. The number of H-pyrrole nitrogens is 1. The lowest BCUT2D eigenvalue weighted by molar-refractivity contribution is -0.0328. The molecular weight excluding hydrogens is 384 g/mol. The molecule has 0 saturated heterocycles. The van der Waals surface area contributed by atoms with E-state index in [0.29, 0.717) is 11.3 Å². The van der Waals surface area contributed by atoms with Crippen molar-refractivity contribution >= 4 is 29.2 Å². The molecule has 0 aliphatic heterocycles.